The molecule has 1 saturated heterocycles. The van der Waals surface area contributed by atoms with Crippen molar-refractivity contribution in [2.24, 2.45) is 0 Å². The number of amides is 3. The number of non-ortho nitro benzene ring substituents is 1. The Kier molecular flexibility index (Phi) is 6.16. The first-order valence-corrected chi connectivity index (χ1v) is 10.7. The number of nitrogens with one attached hydrogen (secondary N) is 2. The van der Waals surface area contributed by atoms with E-state index in [1.165, 1.54) is 29.2 Å². The zero-order valence-electron chi connectivity index (χ0n) is 17.4. The number of fused-ring (bicyclic) bond motifs is 1. The molecule has 166 valence electrons. The molecule has 4 rings (SSSR count). The number of carbonyl (C=O) groups excluding carboxylic acids is 3. The average molecular weight is 436 g/mol. The summed E-state index contributed by atoms with van der Waals surface area (Å²) in [6, 6.07) is 12.9. The summed E-state index contributed by atoms with van der Waals surface area (Å²) in [6.07, 6.45) is 3.19. The molecular weight excluding hydrogens is 412 g/mol. The van der Waals surface area contributed by atoms with Gasteiger partial charge in [0.15, 0.2) is 0 Å². The lowest BCUT2D eigenvalue weighted by Crippen LogP contribution is -2.68. The Morgan fingerprint density at radius 1 is 1.06 bits per heavy atom. The van der Waals surface area contributed by atoms with Gasteiger partial charge >= 0.3 is 0 Å². The molecule has 0 radical (unpaired) electrons. The third kappa shape index (κ3) is 4.46. The molecular formula is C23H24N4O5. The number of hydrogen-bond donors (Lipinski definition) is 2. The van der Waals surface area contributed by atoms with E-state index in [2.05, 4.69) is 10.6 Å². The quantitative estimate of drug-likeness (QED) is 0.551. The maximum atomic E-state index is 13.5. The molecule has 1 heterocycles. The summed E-state index contributed by atoms with van der Waals surface area (Å²) in [7, 11) is 0. The fraction of sp³-hybridized carbons (Fsp3) is 0.348. The Morgan fingerprint density at radius 3 is 2.44 bits per heavy atom. The van der Waals surface area contributed by atoms with Gasteiger partial charge in [-0.15, -0.1) is 0 Å². The van der Waals surface area contributed by atoms with Gasteiger partial charge < -0.3 is 15.5 Å². The van der Waals surface area contributed by atoms with Crippen molar-refractivity contribution in [1.82, 2.24) is 10.2 Å². The smallest absolute Gasteiger partial charge is 0.269 e. The number of anilines is 1. The molecule has 2 aromatic carbocycles. The molecule has 3 amide bonds. The van der Waals surface area contributed by atoms with Crippen LogP contribution in [0, 0.1) is 10.1 Å². The summed E-state index contributed by atoms with van der Waals surface area (Å²) >= 11 is 0. The number of para-hydroxylation sites is 1. The largest absolute Gasteiger partial charge is 0.349 e. The molecule has 2 aromatic rings. The zero-order valence-corrected chi connectivity index (χ0v) is 17.4. The summed E-state index contributed by atoms with van der Waals surface area (Å²) in [5.74, 6) is -1.12. The topological polar surface area (TPSA) is 122 Å². The molecule has 32 heavy (non-hydrogen) atoms. The van der Waals surface area contributed by atoms with E-state index in [0.29, 0.717) is 5.69 Å². The number of carbonyl (C=O) groups is 3. The van der Waals surface area contributed by atoms with Crippen molar-refractivity contribution in [3.63, 3.8) is 0 Å². The Labute approximate surface area is 184 Å². The lowest BCUT2D eigenvalue weighted by Gasteiger charge is -2.48. The molecule has 0 spiro atoms. The SMILES string of the molecule is O=C(C[C@@H]1C(=O)N[C@H]2CCCC[C@@H]2N1C(=O)c1ccc([N+](=O)[O-])cc1)Nc1ccccc1. The zero-order chi connectivity index (χ0) is 22.7. The van der Waals surface area contributed by atoms with Crippen LogP contribution in [-0.4, -0.2) is 45.7 Å². The summed E-state index contributed by atoms with van der Waals surface area (Å²) < 4.78 is 0. The molecule has 1 saturated carbocycles. The number of piperazine rings is 1. The standard InChI is InChI=1S/C23H24N4O5/c28-21(24-16-6-2-1-3-7-16)14-20-22(29)25-18-8-4-5-9-19(18)26(20)23(30)15-10-12-17(13-11-15)27(31)32/h1-3,6-7,10-13,18-20H,4-5,8-9,14H2,(H,24,28)(H,25,29)/t18-,19-,20+/m0/s1. The van der Waals surface area contributed by atoms with Crippen LogP contribution in [0.4, 0.5) is 11.4 Å². The van der Waals surface area contributed by atoms with E-state index in [1.54, 1.807) is 24.3 Å². The van der Waals surface area contributed by atoms with E-state index in [4.69, 9.17) is 0 Å². The number of nitro groups is 1. The number of rotatable bonds is 5. The molecule has 0 bridgehead atoms. The van der Waals surface area contributed by atoms with E-state index in [0.717, 1.165) is 25.7 Å². The lowest BCUT2D eigenvalue weighted by molar-refractivity contribution is -0.384. The molecule has 2 fully saturated rings. The van der Waals surface area contributed by atoms with Gasteiger partial charge in [0, 0.05) is 29.4 Å². The molecule has 0 aromatic heterocycles. The highest BCUT2D eigenvalue weighted by Crippen LogP contribution is 2.31. The first-order chi connectivity index (χ1) is 15.4. The van der Waals surface area contributed by atoms with Gasteiger partial charge in [-0.05, 0) is 37.1 Å². The van der Waals surface area contributed by atoms with Crippen molar-refractivity contribution < 1.29 is 19.3 Å². The van der Waals surface area contributed by atoms with Gasteiger partial charge in [0.1, 0.15) is 6.04 Å². The molecule has 3 atom stereocenters. The van der Waals surface area contributed by atoms with Crippen LogP contribution in [0.15, 0.2) is 54.6 Å². The van der Waals surface area contributed by atoms with Crippen molar-refractivity contribution in [1.29, 1.82) is 0 Å². The maximum Gasteiger partial charge on any atom is 0.269 e. The second kappa shape index (κ2) is 9.17. The predicted molar refractivity (Wildman–Crippen MR) is 117 cm³/mol. The molecule has 1 aliphatic carbocycles. The average Bonchev–Trinajstić information content (AvgIpc) is 2.80. The Morgan fingerprint density at radius 2 is 1.75 bits per heavy atom. The van der Waals surface area contributed by atoms with Crippen molar-refractivity contribution in [3.05, 3.63) is 70.3 Å². The van der Waals surface area contributed by atoms with Crippen LogP contribution in [-0.2, 0) is 9.59 Å². The summed E-state index contributed by atoms with van der Waals surface area (Å²) in [6.45, 7) is 0. The normalized spacial score (nSPS) is 22.4. The lowest BCUT2D eigenvalue weighted by atomic mass is 9.84. The van der Waals surface area contributed by atoms with Gasteiger partial charge in [0.2, 0.25) is 11.8 Å². The molecule has 2 N–H and O–H groups in total. The second-order valence-corrected chi connectivity index (χ2v) is 8.12. The Hall–Kier alpha value is -3.75. The minimum atomic E-state index is -0.958. The summed E-state index contributed by atoms with van der Waals surface area (Å²) in [5, 5.41) is 16.7. The summed E-state index contributed by atoms with van der Waals surface area (Å²) in [5.41, 5.74) is 0.743. The van der Waals surface area contributed by atoms with Gasteiger partial charge in [-0.3, -0.25) is 24.5 Å². The van der Waals surface area contributed by atoms with Crippen molar-refractivity contribution in [3.8, 4) is 0 Å². The minimum Gasteiger partial charge on any atom is -0.349 e. The fourth-order valence-corrected chi connectivity index (χ4v) is 4.52. The predicted octanol–water partition coefficient (Wildman–Crippen LogP) is 2.88. The molecule has 9 nitrogen and oxygen atoms in total. The van der Waals surface area contributed by atoms with E-state index in [1.807, 2.05) is 6.07 Å². The molecule has 2 aliphatic rings. The van der Waals surface area contributed by atoms with E-state index in [9.17, 15) is 24.5 Å². The van der Waals surface area contributed by atoms with Gasteiger partial charge in [-0.1, -0.05) is 31.0 Å². The Bertz CT molecular complexity index is 1020. The van der Waals surface area contributed by atoms with Crippen LogP contribution in [0.1, 0.15) is 42.5 Å². The highest BCUT2D eigenvalue weighted by Gasteiger charge is 2.46. The highest BCUT2D eigenvalue weighted by atomic mass is 16.6. The first kappa shape index (κ1) is 21.5. The van der Waals surface area contributed by atoms with Crippen LogP contribution in [0.5, 0.6) is 0 Å². The summed E-state index contributed by atoms with van der Waals surface area (Å²) in [4.78, 5) is 51.1. The van der Waals surface area contributed by atoms with Crippen molar-refractivity contribution in [2.45, 2.75) is 50.2 Å². The number of nitro benzene ring substituents is 1. The van der Waals surface area contributed by atoms with Crippen LogP contribution in [0.3, 0.4) is 0 Å². The third-order valence-electron chi connectivity index (χ3n) is 6.05. The van der Waals surface area contributed by atoms with Crippen molar-refractivity contribution >= 4 is 29.1 Å². The maximum absolute atomic E-state index is 13.5. The highest BCUT2D eigenvalue weighted by molar-refractivity contribution is 6.01. The van der Waals surface area contributed by atoms with E-state index < -0.39 is 16.9 Å². The number of hydrogen-bond acceptors (Lipinski definition) is 5. The Balaban J connectivity index is 1.60. The molecule has 1 aliphatic heterocycles. The van der Waals surface area contributed by atoms with Crippen LogP contribution < -0.4 is 10.6 Å². The van der Waals surface area contributed by atoms with Crippen LogP contribution in [0.2, 0.25) is 0 Å². The minimum absolute atomic E-state index is 0.118. The van der Waals surface area contributed by atoms with E-state index >= 15 is 0 Å². The number of benzene rings is 2. The van der Waals surface area contributed by atoms with Gasteiger partial charge in [-0.2, -0.15) is 0 Å². The monoisotopic (exact) mass is 436 g/mol. The molecule has 9 heteroatoms. The first-order valence-electron chi connectivity index (χ1n) is 10.7. The van der Waals surface area contributed by atoms with Gasteiger partial charge in [0.05, 0.1) is 17.4 Å². The number of nitrogens with zero attached hydrogens (tertiary/aromatic N) is 2. The third-order valence-corrected chi connectivity index (χ3v) is 6.05. The van der Waals surface area contributed by atoms with E-state index in [-0.39, 0.29) is 41.6 Å². The van der Waals surface area contributed by atoms with Crippen LogP contribution >= 0.6 is 0 Å². The van der Waals surface area contributed by atoms with Crippen molar-refractivity contribution in [2.75, 3.05) is 5.32 Å². The van der Waals surface area contributed by atoms with Gasteiger partial charge in [-0.25, -0.2) is 0 Å². The van der Waals surface area contributed by atoms with Gasteiger partial charge in [0.25, 0.3) is 11.6 Å². The molecule has 0 unspecified atom stereocenters. The fourth-order valence-electron chi connectivity index (χ4n) is 4.52. The second-order valence-electron chi connectivity index (χ2n) is 8.12. The van der Waals surface area contributed by atoms with Crippen LogP contribution in [0.25, 0.3) is 0 Å².